The van der Waals surface area contributed by atoms with Gasteiger partial charge in [-0.1, -0.05) is 36.0 Å². The van der Waals surface area contributed by atoms with Gasteiger partial charge in [0, 0.05) is 23.7 Å². The minimum atomic E-state index is -0.179. The van der Waals surface area contributed by atoms with Crippen LogP contribution in [0.5, 0.6) is 0 Å². The van der Waals surface area contributed by atoms with Crippen LogP contribution < -0.4 is 10.6 Å². The van der Waals surface area contributed by atoms with Gasteiger partial charge in [0.25, 0.3) is 0 Å². The molecule has 0 radical (unpaired) electrons. The number of amides is 2. The van der Waals surface area contributed by atoms with E-state index in [0.29, 0.717) is 28.0 Å². The number of rotatable bonds is 6. The molecule has 2 N–H and O–H groups in total. The van der Waals surface area contributed by atoms with E-state index >= 15 is 0 Å². The van der Waals surface area contributed by atoms with Crippen LogP contribution in [0.15, 0.2) is 76.4 Å². The summed E-state index contributed by atoms with van der Waals surface area (Å²) in [6.45, 7) is 1.44. The van der Waals surface area contributed by atoms with Crippen LogP contribution in [0.1, 0.15) is 6.92 Å². The van der Waals surface area contributed by atoms with Gasteiger partial charge in [0.15, 0.2) is 11.6 Å². The number of carbonyl (C=O) groups is 2. The van der Waals surface area contributed by atoms with Gasteiger partial charge in [-0.2, -0.15) is 0 Å². The standard InChI is InChI=1S/C22H18N4O3S/c1-14(27)23-15-6-4-7-16(12-15)24-20(28)13-30-22-17-8-2-3-9-18(17)25-21(26-22)19-10-5-11-29-19/h2-12H,13H2,1H3,(H,23,27)(H,24,28). The van der Waals surface area contributed by atoms with Crippen LogP contribution in [0.25, 0.3) is 22.5 Å². The Labute approximate surface area is 176 Å². The van der Waals surface area contributed by atoms with E-state index in [2.05, 4.69) is 20.6 Å². The Kier molecular flexibility index (Phi) is 5.76. The van der Waals surface area contributed by atoms with Crippen LogP contribution in [0.2, 0.25) is 0 Å². The Bertz CT molecular complexity index is 1210. The van der Waals surface area contributed by atoms with Gasteiger partial charge in [-0.25, -0.2) is 9.97 Å². The zero-order valence-electron chi connectivity index (χ0n) is 16.1. The third-order valence-corrected chi connectivity index (χ3v) is 5.11. The molecule has 0 aliphatic carbocycles. The SMILES string of the molecule is CC(=O)Nc1cccc(NC(=O)CSc2nc(-c3ccco3)nc3ccccc23)c1. The van der Waals surface area contributed by atoms with E-state index < -0.39 is 0 Å². The Morgan fingerprint density at radius 1 is 0.967 bits per heavy atom. The summed E-state index contributed by atoms with van der Waals surface area (Å²) in [5.41, 5.74) is 2.01. The number of furan rings is 1. The maximum Gasteiger partial charge on any atom is 0.234 e. The number of aromatic nitrogens is 2. The largest absolute Gasteiger partial charge is 0.461 e. The molecular formula is C22H18N4O3S. The monoisotopic (exact) mass is 418 g/mol. The average Bonchev–Trinajstić information content (AvgIpc) is 3.26. The first kappa shape index (κ1) is 19.7. The lowest BCUT2D eigenvalue weighted by Crippen LogP contribution is -2.14. The second-order valence-corrected chi connectivity index (χ2v) is 7.41. The van der Waals surface area contributed by atoms with E-state index in [1.807, 2.05) is 24.3 Å². The molecule has 0 atom stereocenters. The van der Waals surface area contributed by atoms with Crippen molar-refractivity contribution in [1.29, 1.82) is 0 Å². The van der Waals surface area contributed by atoms with Crippen LogP contribution in [-0.4, -0.2) is 27.5 Å². The van der Waals surface area contributed by atoms with Gasteiger partial charge in [-0.15, -0.1) is 0 Å². The fourth-order valence-corrected chi connectivity index (χ4v) is 3.70. The summed E-state index contributed by atoms with van der Waals surface area (Å²) < 4.78 is 5.42. The first-order chi connectivity index (χ1) is 14.6. The first-order valence-corrected chi connectivity index (χ1v) is 10.2. The second kappa shape index (κ2) is 8.79. The van der Waals surface area contributed by atoms with Gasteiger partial charge in [0.1, 0.15) is 5.03 Å². The topological polar surface area (TPSA) is 97.1 Å². The zero-order valence-corrected chi connectivity index (χ0v) is 16.9. The number of thioether (sulfide) groups is 1. The normalized spacial score (nSPS) is 10.7. The molecule has 0 saturated heterocycles. The molecule has 2 heterocycles. The lowest BCUT2D eigenvalue weighted by Gasteiger charge is -2.09. The van der Waals surface area contributed by atoms with Crippen molar-refractivity contribution in [2.75, 3.05) is 16.4 Å². The lowest BCUT2D eigenvalue weighted by atomic mass is 10.2. The van der Waals surface area contributed by atoms with E-state index in [4.69, 9.17) is 4.42 Å². The summed E-state index contributed by atoms with van der Waals surface area (Å²) in [5.74, 6) is 0.869. The third kappa shape index (κ3) is 4.66. The fourth-order valence-electron chi connectivity index (χ4n) is 2.88. The summed E-state index contributed by atoms with van der Waals surface area (Å²) in [6, 6.07) is 18.2. The molecule has 30 heavy (non-hydrogen) atoms. The smallest absolute Gasteiger partial charge is 0.234 e. The molecule has 0 saturated carbocycles. The molecule has 0 fully saturated rings. The average molecular weight is 418 g/mol. The van der Waals surface area contributed by atoms with E-state index in [0.717, 1.165) is 10.9 Å². The molecule has 8 heteroatoms. The molecule has 7 nitrogen and oxygen atoms in total. The molecule has 2 aromatic carbocycles. The number of benzene rings is 2. The number of hydrogen-bond donors (Lipinski definition) is 2. The quantitative estimate of drug-likeness (QED) is 0.351. The van der Waals surface area contributed by atoms with Gasteiger partial charge >= 0.3 is 0 Å². The van der Waals surface area contributed by atoms with Crippen molar-refractivity contribution in [1.82, 2.24) is 9.97 Å². The number of nitrogens with one attached hydrogen (secondary N) is 2. The lowest BCUT2D eigenvalue weighted by molar-refractivity contribution is -0.114. The molecule has 0 bridgehead atoms. The van der Waals surface area contributed by atoms with Crippen LogP contribution in [0, 0.1) is 0 Å². The molecule has 4 aromatic rings. The Balaban J connectivity index is 1.51. The highest BCUT2D eigenvalue weighted by Gasteiger charge is 2.13. The van der Waals surface area contributed by atoms with Crippen molar-refractivity contribution in [2.45, 2.75) is 11.9 Å². The Morgan fingerprint density at radius 3 is 2.53 bits per heavy atom. The predicted molar refractivity (Wildman–Crippen MR) is 117 cm³/mol. The predicted octanol–water partition coefficient (Wildman–Crippen LogP) is 4.58. The molecule has 4 rings (SSSR count). The molecule has 2 amide bonds. The minimum Gasteiger partial charge on any atom is -0.461 e. The first-order valence-electron chi connectivity index (χ1n) is 9.19. The molecule has 0 spiro atoms. The van der Waals surface area contributed by atoms with Crippen LogP contribution in [-0.2, 0) is 9.59 Å². The maximum absolute atomic E-state index is 12.5. The molecule has 0 aliphatic rings. The third-order valence-electron chi connectivity index (χ3n) is 4.12. The van der Waals surface area contributed by atoms with Crippen molar-refractivity contribution in [3.63, 3.8) is 0 Å². The molecule has 150 valence electrons. The molecular weight excluding hydrogens is 400 g/mol. The highest BCUT2D eigenvalue weighted by atomic mass is 32.2. The summed E-state index contributed by atoms with van der Waals surface area (Å²) in [7, 11) is 0. The summed E-state index contributed by atoms with van der Waals surface area (Å²) in [4.78, 5) is 32.8. The van der Waals surface area contributed by atoms with E-state index in [-0.39, 0.29) is 17.6 Å². The van der Waals surface area contributed by atoms with E-state index in [1.165, 1.54) is 18.7 Å². The van der Waals surface area contributed by atoms with Gasteiger partial charge in [0.05, 0.1) is 17.5 Å². The van der Waals surface area contributed by atoms with Gasteiger partial charge in [-0.3, -0.25) is 9.59 Å². The van der Waals surface area contributed by atoms with Gasteiger partial charge < -0.3 is 15.1 Å². The number of fused-ring (bicyclic) bond motifs is 1. The van der Waals surface area contributed by atoms with Crippen molar-refractivity contribution >= 4 is 45.9 Å². The minimum absolute atomic E-state index is 0.169. The Morgan fingerprint density at radius 2 is 1.77 bits per heavy atom. The maximum atomic E-state index is 12.5. The van der Waals surface area contributed by atoms with Gasteiger partial charge in [-0.05, 0) is 36.4 Å². The Hall–Kier alpha value is -3.65. The summed E-state index contributed by atoms with van der Waals surface area (Å²) >= 11 is 1.33. The van der Waals surface area contributed by atoms with Crippen molar-refractivity contribution in [3.05, 3.63) is 66.9 Å². The zero-order chi connectivity index (χ0) is 20.9. The van der Waals surface area contributed by atoms with Crippen molar-refractivity contribution in [3.8, 4) is 11.6 Å². The van der Waals surface area contributed by atoms with Crippen molar-refractivity contribution in [2.24, 2.45) is 0 Å². The van der Waals surface area contributed by atoms with E-state index in [1.54, 1.807) is 42.7 Å². The number of hydrogen-bond acceptors (Lipinski definition) is 6. The molecule has 2 aromatic heterocycles. The van der Waals surface area contributed by atoms with Crippen LogP contribution >= 0.6 is 11.8 Å². The van der Waals surface area contributed by atoms with E-state index in [9.17, 15) is 9.59 Å². The number of anilines is 2. The number of para-hydroxylation sites is 1. The fraction of sp³-hybridized carbons (Fsp3) is 0.0909. The summed E-state index contributed by atoms with van der Waals surface area (Å²) in [6.07, 6.45) is 1.57. The number of carbonyl (C=O) groups excluding carboxylic acids is 2. The van der Waals surface area contributed by atoms with Gasteiger partial charge in [0.2, 0.25) is 11.8 Å². The summed E-state index contributed by atoms with van der Waals surface area (Å²) in [5, 5.41) is 7.11. The van der Waals surface area contributed by atoms with Crippen LogP contribution in [0.4, 0.5) is 11.4 Å². The van der Waals surface area contributed by atoms with Crippen molar-refractivity contribution < 1.29 is 14.0 Å². The second-order valence-electron chi connectivity index (χ2n) is 6.45. The number of nitrogens with zero attached hydrogens (tertiary/aromatic N) is 2. The molecule has 0 unspecified atom stereocenters. The molecule has 0 aliphatic heterocycles. The highest BCUT2D eigenvalue weighted by molar-refractivity contribution is 8.00. The van der Waals surface area contributed by atoms with Crippen LogP contribution in [0.3, 0.4) is 0 Å². The highest BCUT2D eigenvalue weighted by Crippen LogP contribution is 2.28.